The monoisotopic (exact) mass is 505 g/mol. The van der Waals surface area contributed by atoms with Crippen molar-refractivity contribution in [2.24, 2.45) is 21.5 Å². The predicted octanol–water partition coefficient (Wildman–Crippen LogP) is 4.79. The SMILES string of the molecule is C=N/N=C(/C1CC2(C1)CN(c1cc(C)c(F)cn1)C2)N1CCN(C2(C#N)CC2)Cc2cc(Cl)ccc21. The molecule has 0 N–H and O–H groups in total. The molecule has 186 valence electrons. The highest BCUT2D eigenvalue weighted by atomic mass is 35.5. The lowest BCUT2D eigenvalue weighted by molar-refractivity contribution is 0.0559. The molecule has 2 aromatic rings. The molecule has 9 heteroatoms. The Bertz CT molecular complexity index is 1280. The molecule has 0 bridgehead atoms. The first kappa shape index (κ1) is 23.4. The number of hydrogen-bond acceptors (Lipinski definition) is 6. The number of halogens is 2. The summed E-state index contributed by atoms with van der Waals surface area (Å²) in [6, 6.07) is 10.4. The van der Waals surface area contributed by atoms with Gasteiger partial charge in [-0.05, 0) is 68.0 Å². The third kappa shape index (κ3) is 3.86. The molecule has 1 aromatic carbocycles. The smallest absolute Gasteiger partial charge is 0.144 e. The summed E-state index contributed by atoms with van der Waals surface area (Å²) >= 11 is 6.39. The van der Waals surface area contributed by atoms with Gasteiger partial charge in [0, 0.05) is 61.5 Å². The van der Waals surface area contributed by atoms with Gasteiger partial charge in [-0.25, -0.2) is 9.37 Å². The molecule has 2 saturated carbocycles. The molecule has 0 amide bonds. The van der Waals surface area contributed by atoms with E-state index >= 15 is 0 Å². The third-order valence-electron chi connectivity index (χ3n) is 8.41. The van der Waals surface area contributed by atoms with Crippen molar-refractivity contribution in [2.45, 2.75) is 44.7 Å². The van der Waals surface area contributed by atoms with Gasteiger partial charge in [0.1, 0.15) is 23.0 Å². The zero-order valence-corrected chi connectivity index (χ0v) is 21.2. The fourth-order valence-electron chi connectivity index (χ4n) is 6.27. The molecular weight excluding hydrogens is 477 g/mol. The van der Waals surface area contributed by atoms with Crippen LogP contribution in [0.3, 0.4) is 0 Å². The summed E-state index contributed by atoms with van der Waals surface area (Å²) in [5.41, 5.74) is 2.69. The maximum absolute atomic E-state index is 13.6. The van der Waals surface area contributed by atoms with Crippen molar-refractivity contribution < 1.29 is 4.39 Å². The molecule has 7 nitrogen and oxygen atoms in total. The zero-order chi connectivity index (χ0) is 25.1. The Morgan fingerprint density at radius 3 is 2.69 bits per heavy atom. The van der Waals surface area contributed by atoms with Gasteiger partial charge in [0.15, 0.2) is 0 Å². The van der Waals surface area contributed by atoms with Crippen molar-refractivity contribution in [1.82, 2.24) is 9.88 Å². The summed E-state index contributed by atoms with van der Waals surface area (Å²) in [5, 5.41) is 19.0. The first-order chi connectivity index (χ1) is 17.4. The van der Waals surface area contributed by atoms with Crippen LogP contribution in [0.25, 0.3) is 0 Å². The summed E-state index contributed by atoms with van der Waals surface area (Å²) in [7, 11) is 0. The summed E-state index contributed by atoms with van der Waals surface area (Å²) in [6.45, 7) is 9.48. The van der Waals surface area contributed by atoms with Crippen LogP contribution in [0.15, 0.2) is 40.7 Å². The van der Waals surface area contributed by atoms with E-state index in [1.165, 1.54) is 6.20 Å². The molecule has 6 rings (SSSR count). The molecule has 36 heavy (non-hydrogen) atoms. The topological polar surface area (TPSA) is 71.1 Å². The minimum atomic E-state index is -0.355. The van der Waals surface area contributed by atoms with E-state index in [0.717, 1.165) is 74.8 Å². The maximum Gasteiger partial charge on any atom is 0.144 e. The van der Waals surface area contributed by atoms with Crippen molar-refractivity contribution >= 4 is 35.7 Å². The lowest BCUT2D eigenvalue weighted by Gasteiger charge is -2.60. The van der Waals surface area contributed by atoms with Crippen LogP contribution in [0.1, 0.15) is 36.8 Å². The Hall–Kier alpha value is -3.02. The van der Waals surface area contributed by atoms with Gasteiger partial charge in [0.05, 0.1) is 12.3 Å². The van der Waals surface area contributed by atoms with Crippen LogP contribution in [-0.4, -0.2) is 54.2 Å². The number of benzene rings is 1. The minimum Gasteiger partial charge on any atom is -0.355 e. The van der Waals surface area contributed by atoms with Gasteiger partial charge in [-0.15, -0.1) is 5.10 Å². The summed E-state index contributed by atoms with van der Waals surface area (Å²) in [6.07, 6.45) is 5.17. The van der Waals surface area contributed by atoms with Crippen molar-refractivity contribution in [3.05, 3.63) is 52.4 Å². The number of rotatable bonds is 4. The molecule has 1 spiro atoms. The van der Waals surface area contributed by atoms with Gasteiger partial charge < -0.3 is 9.80 Å². The molecule has 2 aliphatic carbocycles. The number of anilines is 2. The first-order valence-corrected chi connectivity index (χ1v) is 12.9. The molecular formula is C27H29ClFN7. The fraction of sp³-hybridized carbons (Fsp3) is 0.481. The molecule has 3 heterocycles. The predicted molar refractivity (Wildman–Crippen MR) is 140 cm³/mol. The van der Waals surface area contributed by atoms with Gasteiger partial charge >= 0.3 is 0 Å². The lowest BCUT2D eigenvalue weighted by Crippen LogP contribution is -2.64. The van der Waals surface area contributed by atoms with Crippen LogP contribution in [0.5, 0.6) is 0 Å². The Balaban J connectivity index is 1.20. The number of nitriles is 1. The number of nitrogens with zero attached hydrogens (tertiary/aromatic N) is 7. The fourth-order valence-corrected chi connectivity index (χ4v) is 6.46. The zero-order valence-electron chi connectivity index (χ0n) is 20.4. The van der Waals surface area contributed by atoms with E-state index in [1.807, 2.05) is 18.2 Å². The second kappa shape index (κ2) is 8.53. The third-order valence-corrected chi connectivity index (χ3v) is 8.64. The standard InChI is InChI=1S/C27H29ClFN7/c1-18-9-24(32-13-22(18)29)34-16-26(17-34)11-20(12-26)25(33-31-2)36-8-7-35(27(15-30)5-6-27)14-19-10-21(28)3-4-23(19)36/h3-4,9-10,13,20H,2,5-8,11-12,14,16-17H2,1H3/b33-25-. The van der Waals surface area contributed by atoms with Crippen molar-refractivity contribution in [2.75, 3.05) is 36.0 Å². The second-order valence-electron chi connectivity index (χ2n) is 10.8. The highest BCUT2D eigenvalue weighted by Gasteiger charge is 2.55. The van der Waals surface area contributed by atoms with Gasteiger partial charge in [0.25, 0.3) is 0 Å². The number of amidine groups is 1. The van der Waals surface area contributed by atoms with Crippen LogP contribution >= 0.6 is 11.6 Å². The van der Waals surface area contributed by atoms with Gasteiger partial charge in [-0.2, -0.15) is 10.4 Å². The van der Waals surface area contributed by atoms with Gasteiger partial charge in [0.2, 0.25) is 0 Å². The minimum absolute atomic E-state index is 0.232. The average molecular weight is 506 g/mol. The molecule has 0 radical (unpaired) electrons. The van der Waals surface area contributed by atoms with Crippen LogP contribution in [0.4, 0.5) is 15.9 Å². The molecule has 1 aromatic heterocycles. The van der Waals surface area contributed by atoms with E-state index in [4.69, 9.17) is 11.6 Å². The number of aryl methyl sites for hydroxylation is 1. The number of fused-ring (bicyclic) bond motifs is 1. The van der Waals surface area contributed by atoms with Crippen LogP contribution in [0, 0.1) is 35.4 Å². The van der Waals surface area contributed by atoms with Gasteiger partial charge in [-0.3, -0.25) is 4.90 Å². The Labute approximate surface area is 215 Å². The second-order valence-corrected chi connectivity index (χ2v) is 11.3. The van der Waals surface area contributed by atoms with Crippen molar-refractivity contribution in [3.63, 3.8) is 0 Å². The Morgan fingerprint density at radius 1 is 1.25 bits per heavy atom. The van der Waals surface area contributed by atoms with Crippen LogP contribution < -0.4 is 9.80 Å². The summed E-state index contributed by atoms with van der Waals surface area (Å²) in [4.78, 5) is 11.1. The summed E-state index contributed by atoms with van der Waals surface area (Å²) < 4.78 is 13.6. The van der Waals surface area contributed by atoms with Crippen molar-refractivity contribution in [1.29, 1.82) is 5.26 Å². The summed E-state index contributed by atoms with van der Waals surface area (Å²) in [5.74, 6) is 1.79. The molecule has 1 saturated heterocycles. The average Bonchev–Trinajstić information content (AvgIpc) is 3.62. The van der Waals surface area contributed by atoms with Crippen LogP contribution in [0.2, 0.25) is 5.02 Å². The van der Waals surface area contributed by atoms with E-state index < -0.39 is 0 Å². The van der Waals surface area contributed by atoms with Gasteiger partial charge in [-0.1, -0.05) is 11.6 Å². The van der Waals surface area contributed by atoms with Crippen LogP contribution in [-0.2, 0) is 6.54 Å². The van der Waals surface area contributed by atoms with E-state index in [2.05, 4.69) is 48.7 Å². The number of hydrogen-bond donors (Lipinski definition) is 0. The molecule has 2 aliphatic heterocycles. The Kier molecular flexibility index (Phi) is 5.54. The number of aromatic nitrogens is 1. The Morgan fingerprint density at radius 2 is 2.03 bits per heavy atom. The van der Waals surface area contributed by atoms with Crippen molar-refractivity contribution in [3.8, 4) is 6.07 Å². The maximum atomic E-state index is 13.6. The number of pyridine rings is 1. The highest BCUT2D eigenvalue weighted by Crippen LogP contribution is 2.54. The highest BCUT2D eigenvalue weighted by molar-refractivity contribution is 6.30. The molecule has 0 atom stereocenters. The van der Waals surface area contributed by atoms with E-state index in [-0.39, 0.29) is 22.7 Å². The van der Waals surface area contributed by atoms with E-state index in [9.17, 15) is 9.65 Å². The molecule has 4 aliphatic rings. The normalized spacial score (nSPS) is 22.8. The molecule has 0 unspecified atom stereocenters. The lowest BCUT2D eigenvalue weighted by atomic mass is 9.57. The van der Waals surface area contributed by atoms with E-state index in [0.29, 0.717) is 17.1 Å². The molecule has 3 fully saturated rings. The van der Waals surface area contributed by atoms with E-state index in [1.54, 1.807) is 6.92 Å². The first-order valence-electron chi connectivity index (χ1n) is 12.5. The quantitative estimate of drug-likeness (QED) is 0.339. The largest absolute Gasteiger partial charge is 0.355 e.